The monoisotopic (exact) mass is 304 g/mol. The van der Waals surface area contributed by atoms with Crippen molar-refractivity contribution in [3.63, 3.8) is 0 Å². The molecule has 2 rings (SSSR count). The quantitative estimate of drug-likeness (QED) is 0.506. The first-order valence-corrected chi connectivity index (χ1v) is 7.52. The van der Waals surface area contributed by atoms with Crippen molar-refractivity contribution >= 4 is 23.4 Å². The second-order valence-electron chi connectivity index (χ2n) is 4.13. The molecule has 0 saturated carbocycles. The lowest BCUT2D eigenvalue weighted by Gasteiger charge is -2.10. The van der Waals surface area contributed by atoms with E-state index in [4.69, 9.17) is 4.74 Å². The molecule has 0 unspecified atom stereocenters. The van der Waals surface area contributed by atoms with Crippen molar-refractivity contribution in [2.45, 2.75) is 11.9 Å². The van der Waals surface area contributed by atoms with E-state index in [0.29, 0.717) is 23.1 Å². The zero-order valence-corrected chi connectivity index (χ0v) is 12.4. The Hall–Kier alpha value is -2.21. The van der Waals surface area contributed by atoms with Crippen molar-refractivity contribution in [3.05, 3.63) is 53.9 Å². The number of carbonyl (C=O) groups is 1. The molecule has 6 heteroatoms. The highest BCUT2D eigenvalue weighted by atomic mass is 32.2. The van der Waals surface area contributed by atoms with Crippen LogP contribution < -0.4 is 14.8 Å². The number of nitrogens with one attached hydrogen (secondary N) is 1. The van der Waals surface area contributed by atoms with E-state index in [1.807, 2.05) is 19.1 Å². The van der Waals surface area contributed by atoms with Crippen molar-refractivity contribution in [1.82, 2.24) is 0 Å². The Morgan fingerprint density at radius 1 is 1.29 bits per heavy atom. The third-order valence-corrected chi connectivity index (χ3v) is 3.62. The number of nitrogens with zero attached hydrogens (tertiary/aromatic N) is 1. The molecule has 5 nitrogen and oxygen atoms in total. The lowest BCUT2D eigenvalue weighted by Crippen LogP contribution is -2.28. The van der Waals surface area contributed by atoms with Crippen LogP contribution in [0.25, 0.3) is 0 Å². The molecule has 21 heavy (non-hydrogen) atoms. The van der Waals surface area contributed by atoms with Gasteiger partial charge in [0.15, 0.2) is 6.20 Å². The van der Waals surface area contributed by atoms with Gasteiger partial charge < -0.3 is 15.3 Å². The third kappa shape index (κ3) is 4.39. The highest BCUT2D eigenvalue weighted by Gasteiger charge is 2.11. The molecule has 0 bridgehead atoms. The number of carbonyl (C=O) groups excluding carboxylic acids is 1. The number of para-hydroxylation sites is 2. The number of benzene rings is 1. The molecule has 1 heterocycles. The van der Waals surface area contributed by atoms with Crippen LogP contribution in [0, 0.1) is 5.21 Å². The largest absolute Gasteiger partial charge is 0.618 e. The highest BCUT2D eigenvalue weighted by molar-refractivity contribution is 7.99. The first-order chi connectivity index (χ1) is 10.2. The molecule has 0 saturated heterocycles. The number of rotatable bonds is 6. The zero-order chi connectivity index (χ0) is 15.1. The third-order valence-electron chi connectivity index (χ3n) is 2.60. The smallest absolute Gasteiger partial charge is 0.251 e. The minimum atomic E-state index is -0.184. The summed E-state index contributed by atoms with van der Waals surface area (Å²) >= 11 is 1.19. The maximum atomic E-state index is 12.0. The number of thioether (sulfide) groups is 1. The molecule has 2 aromatic rings. The molecule has 0 aliphatic heterocycles. The van der Waals surface area contributed by atoms with E-state index in [-0.39, 0.29) is 11.7 Å². The molecule has 0 atom stereocenters. The predicted octanol–water partition coefficient (Wildman–Crippen LogP) is 2.45. The van der Waals surface area contributed by atoms with Gasteiger partial charge in [-0.1, -0.05) is 12.1 Å². The van der Waals surface area contributed by atoms with Crippen molar-refractivity contribution in [1.29, 1.82) is 0 Å². The number of ether oxygens (including phenoxy) is 1. The Morgan fingerprint density at radius 3 is 2.81 bits per heavy atom. The topological polar surface area (TPSA) is 65.3 Å². The molecular formula is C15H16N2O3S. The molecule has 110 valence electrons. The normalized spacial score (nSPS) is 10.1. The average Bonchev–Trinajstić information content (AvgIpc) is 2.49. The number of anilines is 1. The van der Waals surface area contributed by atoms with Gasteiger partial charge in [-0.3, -0.25) is 4.79 Å². The summed E-state index contributed by atoms with van der Waals surface area (Å²) in [5.41, 5.74) is 0.632. The van der Waals surface area contributed by atoms with Crippen molar-refractivity contribution in [2.24, 2.45) is 0 Å². The van der Waals surface area contributed by atoms with Gasteiger partial charge in [0.25, 0.3) is 5.03 Å². The molecule has 1 aromatic heterocycles. The predicted molar refractivity (Wildman–Crippen MR) is 82.4 cm³/mol. The van der Waals surface area contributed by atoms with E-state index >= 15 is 0 Å². The SMILES string of the molecule is CCOc1ccccc1NC(=O)CSc1cccc[n+]1[O-]. The van der Waals surface area contributed by atoms with Gasteiger partial charge in [-0.05, 0) is 36.9 Å². The first-order valence-electron chi connectivity index (χ1n) is 6.53. The lowest BCUT2D eigenvalue weighted by molar-refractivity contribution is -0.645. The number of hydrogen-bond acceptors (Lipinski definition) is 4. The molecule has 1 amide bonds. The van der Waals surface area contributed by atoms with Gasteiger partial charge in [0.05, 0.1) is 18.0 Å². The average molecular weight is 304 g/mol. The summed E-state index contributed by atoms with van der Waals surface area (Å²) in [4.78, 5) is 12.0. The van der Waals surface area contributed by atoms with Crippen LogP contribution >= 0.6 is 11.8 Å². The molecule has 0 spiro atoms. The second-order valence-corrected chi connectivity index (χ2v) is 5.13. The second kappa shape index (κ2) is 7.54. The number of aromatic nitrogens is 1. The first kappa shape index (κ1) is 15.2. The summed E-state index contributed by atoms with van der Waals surface area (Å²) in [6.45, 7) is 2.42. The van der Waals surface area contributed by atoms with Crippen LogP contribution in [0.2, 0.25) is 0 Å². The summed E-state index contributed by atoms with van der Waals surface area (Å²) in [7, 11) is 0. The molecule has 0 aliphatic carbocycles. The summed E-state index contributed by atoms with van der Waals surface area (Å²) in [5, 5.41) is 14.8. The Balaban J connectivity index is 1.95. The van der Waals surface area contributed by atoms with Crippen LogP contribution in [0.15, 0.2) is 53.7 Å². The molecule has 1 N–H and O–H groups in total. The molecule has 1 aromatic carbocycles. The van der Waals surface area contributed by atoms with E-state index in [9.17, 15) is 10.0 Å². The van der Waals surface area contributed by atoms with Crippen LogP contribution in [0.5, 0.6) is 5.75 Å². The Morgan fingerprint density at radius 2 is 2.05 bits per heavy atom. The fourth-order valence-electron chi connectivity index (χ4n) is 1.70. The van der Waals surface area contributed by atoms with Gasteiger partial charge in [-0.15, -0.1) is 0 Å². The number of pyridine rings is 1. The summed E-state index contributed by atoms with van der Waals surface area (Å²) in [6, 6.07) is 12.3. The Bertz CT molecular complexity index is 619. The van der Waals surface area contributed by atoms with Crippen molar-refractivity contribution in [3.8, 4) is 5.75 Å². The van der Waals surface area contributed by atoms with E-state index in [1.165, 1.54) is 18.0 Å². The molecular weight excluding hydrogens is 288 g/mol. The van der Waals surface area contributed by atoms with Gasteiger partial charge in [-0.2, -0.15) is 4.73 Å². The number of hydrogen-bond donors (Lipinski definition) is 1. The maximum absolute atomic E-state index is 12.0. The fraction of sp³-hybridized carbons (Fsp3) is 0.200. The molecule has 0 radical (unpaired) electrons. The van der Waals surface area contributed by atoms with E-state index in [0.717, 1.165) is 4.73 Å². The van der Waals surface area contributed by atoms with Crippen LogP contribution in [-0.4, -0.2) is 18.3 Å². The highest BCUT2D eigenvalue weighted by Crippen LogP contribution is 2.24. The van der Waals surface area contributed by atoms with Crippen LogP contribution in [0.4, 0.5) is 5.69 Å². The summed E-state index contributed by atoms with van der Waals surface area (Å²) in [5.74, 6) is 0.611. The van der Waals surface area contributed by atoms with Crippen LogP contribution in [0.3, 0.4) is 0 Å². The molecule has 0 aliphatic rings. The van der Waals surface area contributed by atoms with Crippen LogP contribution in [-0.2, 0) is 4.79 Å². The zero-order valence-electron chi connectivity index (χ0n) is 11.6. The minimum absolute atomic E-state index is 0.159. The maximum Gasteiger partial charge on any atom is 0.251 e. The summed E-state index contributed by atoms with van der Waals surface area (Å²) in [6.07, 6.45) is 1.41. The van der Waals surface area contributed by atoms with Crippen LogP contribution in [0.1, 0.15) is 6.92 Å². The van der Waals surface area contributed by atoms with E-state index < -0.39 is 0 Å². The van der Waals surface area contributed by atoms with Crippen molar-refractivity contribution < 1.29 is 14.3 Å². The number of amides is 1. The minimum Gasteiger partial charge on any atom is -0.618 e. The van der Waals surface area contributed by atoms with E-state index in [1.54, 1.807) is 30.3 Å². The van der Waals surface area contributed by atoms with Crippen molar-refractivity contribution in [2.75, 3.05) is 17.7 Å². The van der Waals surface area contributed by atoms with Gasteiger partial charge in [0.1, 0.15) is 5.75 Å². The van der Waals surface area contributed by atoms with Gasteiger partial charge in [-0.25, -0.2) is 0 Å². The molecule has 0 fully saturated rings. The standard InChI is InChI=1S/C15H16N2O3S/c1-2-20-13-8-4-3-7-12(13)16-14(18)11-21-15-9-5-6-10-17(15)19/h3-10H,2,11H2,1H3,(H,16,18). The summed E-state index contributed by atoms with van der Waals surface area (Å²) < 4.78 is 6.19. The lowest BCUT2D eigenvalue weighted by atomic mass is 10.3. The Kier molecular flexibility index (Phi) is 5.45. The van der Waals surface area contributed by atoms with Gasteiger partial charge in [0.2, 0.25) is 5.91 Å². The Labute approximate surface area is 127 Å². The van der Waals surface area contributed by atoms with E-state index in [2.05, 4.69) is 5.32 Å². The fourth-order valence-corrected chi connectivity index (χ4v) is 2.42. The van der Waals surface area contributed by atoms with Gasteiger partial charge in [0, 0.05) is 12.1 Å². The van der Waals surface area contributed by atoms with Gasteiger partial charge >= 0.3 is 0 Å².